The lowest BCUT2D eigenvalue weighted by atomic mass is 9.80. The van der Waals surface area contributed by atoms with Crippen molar-refractivity contribution in [1.82, 2.24) is 5.48 Å². The monoisotopic (exact) mass is 329 g/mol. The largest absolute Gasteiger partial charge is 0.268 e. The van der Waals surface area contributed by atoms with E-state index in [1.54, 1.807) is 0 Å². The zero-order valence-electron chi connectivity index (χ0n) is 13.8. The maximum absolute atomic E-state index is 11.8. The van der Waals surface area contributed by atoms with Crippen molar-refractivity contribution in [3.63, 3.8) is 0 Å². The summed E-state index contributed by atoms with van der Waals surface area (Å²) in [6.07, 6.45) is 1.19. The lowest BCUT2D eigenvalue weighted by molar-refractivity contribution is -0.138. The van der Waals surface area contributed by atoms with Gasteiger partial charge in [0, 0.05) is 0 Å². The Labute approximate surface area is 147 Å². The Balaban J connectivity index is 2.23. The predicted molar refractivity (Wildman–Crippen MR) is 98.6 cm³/mol. The van der Waals surface area contributed by atoms with Gasteiger partial charge in [0.05, 0.1) is 0 Å². The summed E-state index contributed by atoms with van der Waals surface area (Å²) in [6.45, 7) is 3.49. The first-order chi connectivity index (χ1) is 12.3. The van der Waals surface area contributed by atoms with E-state index in [2.05, 4.69) is 12.1 Å². The third kappa shape index (κ3) is 3.37. The Morgan fingerprint density at radius 2 is 1.12 bits per heavy atom. The highest BCUT2D eigenvalue weighted by atomic mass is 16.7. The van der Waals surface area contributed by atoms with E-state index in [9.17, 15) is 4.79 Å². The molecule has 0 saturated heterocycles. The van der Waals surface area contributed by atoms with Crippen molar-refractivity contribution in [2.24, 2.45) is 0 Å². The van der Waals surface area contributed by atoms with Crippen molar-refractivity contribution in [2.45, 2.75) is 5.60 Å². The van der Waals surface area contributed by atoms with Crippen LogP contribution in [-0.4, -0.2) is 5.91 Å². The summed E-state index contributed by atoms with van der Waals surface area (Å²) in [7, 11) is 0. The molecule has 0 aliphatic heterocycles. The molecule has 0 bridgehead atoms. The van der Waals surface area contributed by atoms with Crippen LogP contribution in [0.4, 0.5) is 0 Å². The molecule has 1 N–H and O–H groups in total. The van der Waals surface area contributed by atoms with Gasteiger partial charge in [-0.05, 0) is 22.8 Å². The smallest absolute Gasteiger partial charge is 0.267 e. The van der Waals surface area contributed by atoms with Crippen LogP contribution in [0.1, 0.15) is 16.7 Å². The molecule has 0 atom stereocenters. The quantitative estimate of drug-likeness (QED) is 0.418. The van der Waals surface area contributed by atoms with E-state index in [0.29, 0.717) is 0 Å². The molecule has 0 unspecified atom stereocenters. The van der Waals surface area contributed by atoms with Gasteiger partial charge in [0.15, 0.2) is 5.60 Å². The second-order valence-corrected chi connectivity index (χ2v) is 5.55. The molecule has 3 nitrogen and oxygen atoms in total. The Morgan fingerprint density at radius 3 is 1.44 bits per heavy atom. The molecule has 1 amide bonds. The first-order valence-electron chi connectivity index (χ1n) is 8.04. The lowest BCUT2D eigenvalue weighted by Crippen LogP contribution is -2.40. The first-order valence-corrected chi connectivity index (χ1v) is 8.04. The molecule has 3 heteroatoms. The molecule has 3 aromatic carbocycles. The average molecular weight is 329 g/mol. The molecule has 0 radical (unpaired) electrons. The minimum absolute atomic E-state index is 0.396. The minimum Gasteiger partial charge on any atom is -0.268 e. The van der Waals surface area contributed by atoms with Gasteiger partial charge >= 0.3 is 0 Å². The summed E-state index contributed by atoms with van der Waals surface area (Å²) in [5, 5.41) is 0. The van der Waals surface area contributed by atoms with Gasteiger partial charge in [-0.25, -0.2) is 5.48 Å². The highest BCUT2D eigenvalue weighted by Crippen LogP contribution is 2.39. The zero-order valence-corrected chi connectivity index (χ0v) is 13.8. The Hall–Kier alpha value is -3.17. The number of hydrogen-bond acceptors (Lipinski definition) is 2. The van der Waals surface area contributed by atoms with Gasteiger partial charge in [0.25, 0.3) is 5.91 Å². The van der Waals surface area contributed by atoms with Gasteiger partial charge in [-0.15, -0.1) is 0 Å². The Bertz CT molecular complexity index is 733. The van der Waals surface area contributed by atoms with Gasteiger partial charge in [0.1, 0.15) is 0 Å². The van der Waals surface area contributed by atoms with E-state index in [-0.39, 0.29) is 0 Å². The summed E-state index contributed by atoms with van der Waals surface area (Å²) in [5.41, 5.74) is 4.28. The summed E-state index contributed by atoms with van der Waals surface area (Å²) < 4.78 is 0. The molecule has 3 aromatic rings. The van der Waals surface area contributed by atoms with Gasteiger partial charge in [-0.1, -0.05) is 97.6 Å². The summed E-state index contributed by atoms with van der Waals surface area (Å²) in [6, 6.07) is 29.5. The van der Waals surface area contributed by atoms with Crippen molar-refractivity contribution < 1.29 is 9.63 Å². The number of amides is 1. The van der Waals surface area contributed by atoms with E-state index in [1.807, 2.05) is 91.0 Å². The molecule has 25 heavy (non-hydrogen) atoms. The fourth-order valence-corrected chi connectivity index (χ4v) is 2.86. The number of hydroxylamine groups is 1. The van der Waals surface area contributed by atoms with Crippen molar-refractivity contribution in [1.29, 1.82) is 0 Å². The van der Waals surface area contributed by atoms with E-state index < -0.39 is 11.5 Å². The number of carbonyl (C=O) groups is 1. The molecule has 0 heterocycles. The van der Waals surface area contributed by atoms with Gasteiger partial charge < -0.3 is 0 Å². The van der Waals surface area contributed by atoms with E-state index in [4.69, 9.17) is 4.84 Å². The van der Waals surface area contributed by atoms with E-state index >= 15 is 0 Å². The van der Waals surface area contributed by atoms with Crippen molar-refractivity contribution >= 4 is 5.91 Å². The number of benzene rings is 3. The highest BCUT2D eigenvalue weighted by molar-refractivity contribution is 5.86. The van der Waals surface area contributed by atoms with E-state index in [0.717, 1.165) is 16.7 Å². The van der Waals surface area contributed by atoms with Crippen molar-refractivity contribution in [2.75, 3.05) is 0 Å². The van der Waals surface area contributed by atoms with Gasteiger partial charge in [0.2, 0.25) is 0 Å². The fraction of sp³-hybridized carbons (Fsp3) is 0.0455. The average Bonchev–Trinajstić information content (AvgIpc) is 2.71. The van der Waals surface area contributed by atoms with Crippen molar-refractivity contribution in [3.05, 3.63) is 120 Å². The van der Waals surface area contributed by atoms with Crippen LogP contribution in [0, 0.1) is 0 Å². The van der Waals surface area contributed by atoms with Crippen LogP contribution in [0.25, 0.3) is 0 Å². The van der Waals surface area contributed by atoms with Crippen molar-refractivity contribution in [3.8, 4) is 0 Å². The van der Waals surface area contributed by atoms with Crippen LogP contribution in [0.15, 0.2) is 104 Å². The van der Waals surface area contributed by atoms with Crippen LogP contribution in [-0.2, 0) is 15.2 Å². The minimum atomic E-state index is -0.970. The third-order valence-corrected chi connectivity index (χ3v) is 4.03. The fourth-order valence-electron chi connectivity index (χ4n) is 2.86. The molecule has 0 fully saturated rings. The van der Waals surface area contributed by atoms with Crippen LogP contribution in [0.3, 0.4) is 0 Å². The second-order valence-electron chi connectivity index (χ2n) is 5.55. The number of carbonyl (C=O) groups excluding carboxylic acids is 1. The number of nitrogens with one attached hydrogen (secondary N) is 1. The molecule has 3 rings (SSSR count). The molecule has 124 valence electrons. The van der Waals surface area contributed by atoms with Crippen LogP contribution >= 0.6 is 0 Å². The predicted octanol–water partition coefficient (Wildman–Crippen LogP) is 4.21. The van der Waals surface area contributed by atoms with Gasteiger partial charge in [-0.2, -0.15) is 0 Å². The summed E-state index contributed by atoms with van der Waals surface area (Å²) >= 11 is 0. The third-order valence-electron chi connectivity index (χ3n) is 4.03. The molecular formula is C22H19NO2. The number of hydrogen-bond donors (Lipinski definition) is 1. The summed E-state index contributed by atoms with van der Waals surface area (Å²) in [4.78, 5) is 17.9. The lowest BCUT2D eigenvalue weighted by Gasteiger charge is -2.34. The molecule has 0 saturated carbocycles. The van der Waals surface area contributed by atoms with Crippen LogP contribution < -0.4 is 5.48 Å². The molecule has 0 spiro atoms. The SMILES string of the molecule is C=CC(=O)NOC(c1ccccc1)(c1ccccc1)c1ccccc1. The first kappa shape index (κ1) is 16.7. The molecular weight excluding hydrogens is 310 g/mol. The Kier molecular flexibility index (Phi) is 5.07. The maximum atomic E-state index is 11.8. The zero-order chi connectivity index (χ0) is 17.5. The molecule has 0 aromatic heterocycles. The van der Waals surface area contributed by atoms with Crippen LogP contribution in [0.2, 0.25) is 0 Å². The molecule has 0 aliphatic rings. The van der Waals surface area contributed by atoms with E-state index in [1.165, 1.54) is 6.08 Å². The summed E-state index contributed by atoms with van der Waals surface area (Å²) in [5.74, 6) is -0.396. The maximum Gasteiger partial charge on any atom is 0.267 e. The van der Waals surface area contributed by atoms with Gasteiger partial charge in [-0.3, -0.25) is 9.63 Å². The second kappa shape index (κ2) is 7.60. The topological polar surface area (TPSA) is 38.3 Å². The highest BCUT2D eigenvalue weighted by Gasteiger charge is 2.38. The number of rotatable bonds is 6. The standard InChI is InChI=1S/C22H19NO2/c1-2-21(24)23-25-22(18-12-6-3-7-13-18,19-14-8-4-9-15-19)20-16-10-5-11-17-20/h2-17H,1H2,(H,23,24). The van der Waals surface area contributed by atoms with Crippen LogP contribution in [0.5, 0.6) is 0 Å². The Morgan fingerprint density at radius 1 is 0.760 bits per heavy atom. The normalized spacial score (nSPS) is 10.9. The molecule has 0 aliphatic carbocycles.